The third-order valence-corrected chi connectivity index (χ3v) is 2.37. The van der Waals surface area contributed by atoms with Gasteiger partial charge in [-0.1, -0.05) is 13.2 Å². The third-order valence-electron chi connectivity index (χ3n) is 2.37. The summed E-state index contributed by atoms with van der Waals surface area (Å²) in [5.74, 6) is -0.0232. The first-order valence-electron chi connectivity index (χ1n) is 5.56. The van der Waals surface area contributed by atoms with Gasteiger partial charge in [-0.15, -0.1) is 0 Å². The first-order valence-corrected chi connectivity index (χ1v) is 5.56. The van der Waals surface area contributed by atoms with Gasteiger partial charge in [0, 0.05) is 6.42 Å². The van der Waals surface area contributed by atoms with E-state index in [0.29, 0.717) is 12.4 Å². The van der Waals surface area contributed by atoms with Gasteiger partial charge in [0.15, 0.2) is 0 Å². The molecular weight excluding hydrogens is 220 g/mol. The van der Waals surface area contributed by atoms with E-state index in [1.165, 1.54) is 13.2 Å². The van der Waals surface area contributed by atoms with E-state index in [4.69, 9.17) is 14.2 Å². The van der Waals surface area contributed by atoms with Crippen LogP contribution in [-0.4, -0.2) is 26.0 Å². The van der Waals surface area contributed by atoms with Crippen LogP contribution in [-0.2, 0) is 19.0 Å². The van der Waals surface area contributed by atoms with Crippen molar-refractivity contribution in [2.75, 3.05) is 13.7 Å². The Labute approximate surface area is 102 Å². The minimum Gasteiger partial charge on any atom is -0.497 e. The lowest BCUT2D eigenvalue weighted by atomic mass is 10.2. The Hall–Kier alpha value is -1.55. The minimum absolute atomic E-state index is 0.248. The van der Waals surface area contributed by atoms with Crippen LogP contribution in [0.1, 0.15) is 19.3 Å². The van der Waals surface area contributed by atoms with Gasteiger partial charge in [-0.2, -0.15) is 0 Å². The molecule has 0 aromatic rings. The van der Waals surface area contributed by atoms with Crippen molar-refractivity contribution in [1.29, 1.82) is 0 Å². The van der Waals surface area contributed by atoms with Crippen LogP contribution in [0, 0.1) is 0 Å². The summed E-state index contributed by atoms with van der Waals surface area (Å²) in [5, 5.41) is 0. The third kappa shape index (κ3) is 4.87. The number of esters is 1. The highest BCUT2D eigenvalue weighted by Crippen LogP contribution is 2.15. The molecule has 4 nitrogen and oxygen atoms in total. The van der Waals surface area contributed by atoms with E-state index in [1.54, 1.807) is 6.08 Å². The Morgan fingerprint density at radius 1 is 1.35 bits per heavy atom. The minimum atomic E-state index is -0.475. The molecule has 1 atom stereocenters. The second-order valence-electron chi connectivity index (χ2n) is 3.73. The molecule has 0 bridgehead atoms. The number of methoxy groups -OCH3 is 1. The van der Waals surface area contributed by atoms with Gasteiger partial charge in [0.1, 0.15) is 5.76 Å². The van der Waals surface area contributed by atoms with Gasteiger partial charge in [0.25, 0.3) is 0 Å². The van der Waals surface area contributed by atoms with E-state index >= 15 is 0 Å². The molecule has 0 amide bonds. The second-order valence-corrected chi connectivity index (χ2v) is 3.73. The van der Waals surface area contributed by atoms with Crippen LogP contribution in [0.2, 0.25) is 0 Å². The topological polar surface area (TPSA) is 44.8 Å². The van der Waals surface area contributed by atoms with Crippen LogP contribution in [0.4, 0.5) is 0 Å². The van der Waals surface area contributed by atoms with Crippen molar-refractivity contribution >= 4 is 5.97 Å². The molecule has 0 saturated carbocycles. The Morgan fingerprint density at radius 3 is 2.71 bits per heavy atom. The number of carbonyl (C=O) groups excluding carboxylic acids is 1. The summed E-state index contributed by atoms with van der Waals surface area (Å²) < 4.78 is 15.3. The van der Waals surface area contributed by atoms with Gasteiger partial charge >= 0.3 is 5.97 Å². The van der Waals surface area contributed by atoms with E-state index in [9.17, 15) is 4.79 Å². The highest BCUT2D eigenvalue weighted by Gasteiger charge is 2.18. The Morgan fingerprint density at radius 2 is 2.12 bits per heavy atom. The maximum Gasteiger partial charge on any atom is 0.339 e. The molecule has 0 aromatic carbocycles. The average Bonchev–Trinajstić information content (AvgIpc) is 2.36. The van der Waals surface area contributed by atoms with Gasteiger partial charge in [-0.3, -0.25) is 0 Å². The van der Waals surface area contributed by atoms with Gasteiger partial charge in [-0.25, -0.2) is 4.79 Å². The summed E-state index contributed by atoms with van der Waals surface area (Å²) in [6.45, 7) is 7.85. The molecule has 1 aliphatic rings. The predicted octanol–water partition coefficient (Wildman–Crippen LogP) is 2.33. The van der Waals surface area contributed by atoms with E-state index in [1.807, 2.05) is 0 Å². The Balaban J connectivity index is 2.38. The molecule has 1 saturated heterocycles. The summed E-state index contributed by atoms with van der Waals surface area (Å²) in [6, 6.07) is 0. The van der Waals surface area contributed by atoms with Gasteiger partial charge in [0.2, 0.25) is 6.29 Å². The van der Waals surface area contributed by atoms with E-state index < -0.39 is 12.3 Å². The molecule has 0 aromatic heterocycles. The number of hydrogen-bond donors (Lipinski definition) is 0. The van der Waals surface area contributed by atoms with Crippen LogP contribution >= 0.6 is 0 Å². The van der Waals surface area contributed by atoms with Crippen LogP contribution in [0.25, 0.3) is 0 Å². The molecule has 0 aliphatic carbocycles. The van der Waals surface area contributed by atoms with Crippen LogP contribution < -0.4 is 0 Å². The van der Waals surface area contributed by atoms with Gasteiger partial charge in [-0.05, 0) is 25.0 Å². The highest BCUT2D eigenvalue weighted by atomic mass is 16.7. The second kappa shape index (κ2) is 6.91. The zero-order valence-electron chi connectivity index (χ0n) is 10.1. The first kappa shape index (κ1) is 13.5. The smallest absolute Gasteiger partial charge is 0.339 e. The van der Waals surface area contributed by atoms with Crippen molar-refractivity contribution in [3.8, 4) is 0 Å². The Kier molecular flexibility index (Phi) is 5.49. The highest BCUT2D eigenvalue weighted by molar-refractivity contribution is 5.90. The van der Waals surface area contributed by atoms with E-state index in [-0.39, 0.29) is 5.57 Å². The standard InChI is InChI=1S/C13H18O4/c1-10(7-8-11(2)15-3)13(14)17-12-6-4-5-9-16-12/h7-8,12H,1-2,4-6,9H2,3H3/b8-7-. The van der Waals surface area contributed by atoms with Crippen molar-refractivity contribution in [2.45, 2.75) is 25.6 Å². The lowest BCUT2D eigenvalue weighted by Gasteiger charge is -2.22. The lowest BCUT2D eigenvalue weighted by Crippen LogP contribution is -2.25. The quantitative estimate of drug-likeness (QED) is 0.319. The lowest BCUT2D eigenvalue weighted by molar-refractivity contribution is -0.182. The van der Waals surface area contributed by atoms with Crippen molar-refractivity contribution in [1.82, 2.24) is 0 Å². The molecule has 0 N–H and O–H groups in total. The molecule has 1 unspecified atom stereocenters. The molecule has 1 heterocycles. The molecule has 1 aliphatic heterocycles. The SMILES string of the molecule is C=C(/C=C\C(=C)C(=O)OC1CCCCO1)OC. The van der Waals surface area contributed by atoms with Crippen molar-refractivity contribution < 1.29 is 19.0 Å². The van der Waals surface area contributed by atoms with Crippen LogP contribution in [0.3, 0.4) is 0 Å². The zero-order valence-corrected chi connectivity index (χ0v) is 10.1. The van der Waals surface area contributed by atoms with Crippen LogP contribution in [0.5, 0.6) is 0 Å². The maximum absolute atomic E-state index is 11.6. The molecule has 17 heavy (non-hydrogen) atoms. The zero-order chi connectivity index (χ0) is 12.7. The largest absolute Gasteiger partial charge is 0.497 e. The fourth-order valence-corrected chi connectivity index (χ4v) is 1.33. The van der Waals surface area contributed by atoms with E-state index in [0.717, 1.165) is 19.3 Å². The summed E-state index contributed by atoms with van der Waals surface area (Å²) in [7, 11) is 1.50. The monoisotopic (exact) mass is 238 g/mol. The van der Waals surface area contributed by atoms with Crippen molar-refractivity contribution in [2.24, 2.45) is 0 Å². The molecule has 1 fully saturated rings. The maximum atomic E-state index is 11.6. The first-order chi connectivity index (χ1) is 8.13. The molecule has 94 valence electrons. The number of hydrogen-bond acceptors (Lipinski definition) is 4. The average molecular weight is 238 g/mol. The summed E-state index contributed by atoms with van der Waals surface area (Å²) in [6.07, 6.45) is 5.41. The molecule has 0 radical (unpaired) electrons. The fourth-order valence-electron chi connectivity index (χ4n) is 1.33. The molecule has 0 spiro atoms. The summed E-state index contributed by atoms with van der Waals surface area (Å²) in [4.78, 5) is 11.6. The molecule has 4 heteroatoms. The van der Waals surface area contributed by atoms with Gasteiger partial charge in [0.05, 0.1) is 19.3 Å². The normalized spacial score (nSPS) is 19.9. The summed E-state index contributed by atoms with van der Waals surface area (Å²) in [5.41, 5.74) is 0.248. The Bertz CT molecular complexity index is 324. The van der Waals surface area contributed by atoms with Crippen molar-refractivity contribution in [3.05, 3.63) is 36.6 Å². The van der Waals surface area contributed by atoms with Crippen LogP contribution in [0.15, 0.2) is 36.6 Å². The molecule has 1 rings (SSSR count). The van der Waals surface area contributed by atoms with E-state index in [2.05, 4.69) is 13.2 Å². The molecular formula is C13H18O4. The number of allylic oxidation sites excluding steroid dienone is 1. The fraction of sp³-hybridized carbons (Fsp3) is 0.462. The number of carbonyl (C=O) groups is 1. The predicted molar refractivity (Wildman–Crippen MR) is 64.1 cm³/mol. The summed E-state index contributed by atoms with van der Waals surface area (Å²) >= 11 is 0. The number of rotatable bonds is 5. The van der Waals surface area contributed by atoms with Crippen molar-refractivity contribution in [3.63, 3.8) is 0 Å². The number of ether oxygens (including phenoxy) is 3. The van der Waals surface area contributed by atoms with Gasteiger partial charge < -0.3 is 14.2 Å².